The van der Waals surface area contributed by atoms with Crippen LogP contribution in [-0.4, -0.2) is 67.7 Å². The highest BCUT2D eigenvalue weighted by Gasteiger charge is 2.25. The van der Waals surface area contributed by atoms with Gasteiger partial charge in [-0.2, -0.15) is 12.9 Å². The molecule has 0 N–H and O–H groups in total. The van der Waals surface area contributed by atoms with Crippen molar-refractivity contribution in [2.45, 2.75) is 18.2 Å². The molecule has 34 heavy (non-hydrogen) atoms. The molecule has 0 bridgehead atoms. The zero-order valence-electron chi connectivity index (χ0n) is 18.9. The largest absolute Gasteiger partial charge is 0.422 e. The molecule has 13 heteroatoms. The Kier molecular flexibility index (Phi) is 6.23. The number of rotatable bonds is 8. The molecule has 0 aliphatic rings. The molecule has 0 saturated heterocycles. The minimum absolute atomic E-state index is 0.0595. The Morgan fingerprint density at radius 1 is 1.21 bits per heavy atom. The second kappa shape index (κ2) is 8.99. The van der Waals surface area contributed by atoms with E-state index in [9.17, 15) is 18.0 Å². The molecule has 4 rings (SSSR count). The molecule has 178 valence electrons. The lowest BCUT2D eigenvalue weighted by Gasteiger charge is -2.20. The molecule has 0 aliphatic carbocycles. The molecule has 0 unspecified atom stereocenters. The molecule has 0 spiro atoms. The fourth-order valence-electron chi connectivity index (χ4n) is 3.41. The zero-order valence-corrected chi connectivity index (χ0v) is 20.6. The molecule has 0 saturated carbocycles. The van der Waals surface area contributed by atoms with E-state index in [0.717, 1.165) is 41.0 Å². The summed E-state index contributed by atoms with van der Waals surface area (Å²) in [7, 11) is -0.810. The van der Waals surface area contributed by atoms with Gasteiger partial charge in [-0.05, 0) is 32.0 Å². The van der Waals surface area contributed by atoms with Crippen molar-refractivity contribution in [1.29, 1.82) is 0 Å². The molecule has 1 aromatic carbocycles. The molecule has 0 amide bonds. The number of sulfonamides is 1. The van der Waals surface area contributed by atoms with Crippen molar-refractivity contribution < 1.29 is 17.6 Å². The zero-order chi connectivity index (χ0) is 24.6. The van der Waals surface area contributed by atoms with Crippen molar-refractivity contribution in [1.82, 2.24) is 19.5 Å². The van der Waals surface area contributed by atoms with Gasteiger partial charge in [0.15, 0.2) is 6.29 Å². The van der Waals surface area contributed by atoms with Crippen LogP contribution in [0.4, 0.5) is 5.69 Å². The number of benzene rings is 1. The number of carbonyl (C=O) groups excluding carboxylic acids is 1. The number of aldehydes is 1. The number of hydrogen-bond donors (Lipinski definition) is 0. The number of hydrogen-bond acceptors (Lipinski definition) is 9. The van der Waals surface area contributed by atoms with Crippen LogP contribution in [0.15, 0.2) is 42.2 Å². The number of anilines is 1. The Balaban J connectivity index is 1.81. The van der Waals surface area contributed by atoms with E-state index in [4.69, 9.17) is 4.42 Å². The minimum atomic E-state index is -4.07. The SMILES string of the molecule is CCN(CC)c1ccc2cc(-c3nc4sc(S(=O)(=O)/N=C/N(C)C)nn4c3C=O)c(=O)oc2c1. The third kappa shape index (κ3) is 4.19. The normalized spacial score (nSPS) is 12.1. The van der Waals surface area contributed by atoms with Gasteiger partial charge in [0.2, 0.25) is 4.96 Å². The van der Waals surface area contributed by atoms with E-state index in [-0.39, 0.29) is 26.3 Å². The Labute approximate surface area is 199 Å². The van der Waals surface area contributed by atoms with Gasteiger partial charge in [0.1, 0.15) is 23.3 Å². The van der Waals surface area contributed by atoms with E-state index in [1.165, 1.54) is 4.90 Å². The average molecular weight is 503 g/mol. The first-order valence-corrected chi connectivity index (χ1v) is 12.6. The minimum Gasteiger partial charge on any atom is -0.422 e. The number of fused-ring (bicyclic) bond motifs is 2. The van der Waals surface area contributed by atoms with Crippen molar-refractivity contribution in [3.63, 3.8) is 0 Å². The maximum absolute atomic E-state index is 12.8. The molecule has 0 radical (unpaired) electrons. The summed E-state index contributed by atoms with van der Waals surface area (Å²) in [4.78, 5) is 32.7. The van der Waals surface area contributed by atoms with Gasteiger partial charge in [-0.3, -0.25) is 4.79 Å². The predicted octanol–water partition coefficient (Wildman–Crippen LogP) is 2.50. The first-order chi connectivity index (χ1) is 16.2. The van der Waals surface area contributed by atoms with Gasteiger partial charge in [-0.25, -0.2) is 9.78 Å². The third-order valence-electron chi connectivity index (χ3n) is 5.07. The van der Waals surface area contributed by atoms with Crippen LogP contribution < -0.4 is 10.5 Å². The number of nitrogens with zero attached hydrogens (tertiary/aromatic N) is 6. The summed E-state index contributed by atoms with van der Waals surface area (Å²) < 4.78 is 34.7. The monoisotopic (exact) mass is 502 g/mol. The maximum atomic E-state index is 12.8. The summed E-state index contributed by atoms with van der Waals surface area (Å²) in [5.41, 5.74) is 0.768. The number of aromatic nitrogens is 3. The molecule has 4 aromatic rings. The van der Waals surface area contributed by atoms with E-state index in [1.807, 2.05) is 26.0 Å². The summed E-state index contributed by atoms with van der Waals surface area (Å²) in [6.45, 7) is 5.70. The van der Waals surface area contributed by atoms with E-state index < -0.39 is 15.6 Å². The third-order valence-corrected chi connectivity index (χ3v) is 7.55. The fraction of sp³-hybridized carbons (Fsp3) is 0.286. The van der Waals surface area contributed by atoms with Crippen molar-refractivity contribution in [3.8, 4) is 11.3 Å². The standard InChI is InChI=1S/C21H22N6O5S2/c1-5-26(6-2)14-8-7-13-9-15(19(29)32-17(13)10-14)18-16(11-28)27-20(23-18)33-21(24-27)34(30,31)22-12-25(3)4/h7-12H,5-6H2,1-4H3/b22-12+. The molecule has 11 nitrogen and oxygen atoms in total. The Hall–Kier alpha value is -3.58. The van der Waals surface area contributed by atoms with Crippen LogP contribution in [0.5, 0.6) is 0 Å². The van der Waals surface area contributed by atoms with Crippen LogP contribution in [0, 0.1) is 0 Å². The summed E-state index contributed by atoms with van der Waals surface area (Å²) >= 11 is 0.744. The van der Waals surface area contributed by atoms with Gasteiger partial charge in [0.05, 0.1) is 5.56 Å². The van der Waals surface area contributed by atoms with Gasteiger partial charge in [0, 0.05) is 44.3 Å². The van der Waals surface area contributed by atoms with Gasteiger partial charge >= 0.3 is 15.6 Å². The van der Waals surface area contributed by atoms with Crippen molar-refractivity contribution in [2.75, 3.05) is 32.1 Å². The van der Waals surface area contributed by atoms with Gasteiger partial charge < -0.3 is 14.2 Å². The second-order valence-electron chi connectivity index (χ2n) is 7.53. The Bertz CT molecular complexity index is 1580. The molecule has 0 fully saturated rings. The topological polar surface area (TPSA) is 130 Å². The summed E-state index contributed by atoms with van der Waals surface area (Å²) in [6.07, 6.45) is 1.61. The molecule has 0 atom stereocenters. The molecule has 3 aromatic heterocycles. The van der Waals surface area contributed by atoms with Crippen LogP contribution >= 0.6 is 11.3 Å². The van der Waals surface area contributed by atoms with Gasteiger partial charge in [0.25, 0.3) is 4.34 Å². The first kappa shape index (κ1) is 23.6. The van der Waals surface area contributed by atoms with Crippen LogP contribution in [0.3, 0.4) is 0 Å². The van der Waals surface area contributed by atoms with Crippen LogP contribution in [0.1, 0.15) is 24.3 Å². The maximum Gasteiger partial charge on any atom is 0.345 e. The lowest BCUT2D eigenvalue weighted by molar-refractivity contribution is 0.111. The Morgan fingerprint density at radius 3 is 2.59 bits per heavy atom. The molecular formula is C21H22N6O5S2. The predicted molar refractivity (Wildman–Crippen MR) is 131 cm³/mol. The van der Waals surface area contributed by atoms with E-state index >= 15 is 0 Å². The van der Waals surface area contributed by atoms with Crippen LogP contribution in [0.2, 0.25) is 0 Å². The lowest BCUT2D eigenvalue weighted by Crippen LogP contribution is -2.21. The summed E-state index contributed by atoms with van der Waals surface area (Å²) in [5.74, 6) is 0. The van der Waals surface area contributed by atoms with Gasteiger partial charge in [-0.1, -0.05) is 11.3 Å². The second-order valence-corrected chi connectivity index (χ2v) is 10.3. The fourth-order valence-corrected chi connectivity index (χ4v) is 5.41. The smallest absolute Gasteiger partial charge is 0.345 e. The van der Waals surface area contributed by atoms with Gasteiger partial charge in [-0.15, -0.1) is 9.50 Å². The van der Waals surface area contributed by atoms with Crippen LogP contribution in [0.25, 0.3) is 27.2 Å². The van der Waals surface area contributed by atoms with E-state index in [2.05, 4.69) is 19.4 Å². The average Bonchev–Trinajstić information content (AvgIpc) is 3.36. The number of imidazole rings is 1. The molecule has 3 heterocycles. The molecule has 0 aliphatic heterocycles. The lowest BCUT2D eigenvalue weighted by atomic mass is 10.1. The molecular weight excluding hydrogens is 480 g/mol. The van der Waals surface area contributed by atoms with Crippen molar-refractivity contribution in [2.24, 2.45) is 4.40 Å². The van der Waals surface area contributed by atoms with E-state index in [1.54, 1.807) is 26.2 Å². The Morgan fingerprint density at radius 2 is 1.94 bits per heavy atom. The number of carbonyl (C=O) groups is 1. The highest BCUT2D eigenvalue weighted by Crippen LogP contribution is 2.29. The summed E-state index contributed by atoms with van der Waals surface area (Å²) in [6, 6.07) is 7.16. The quantitative estimate of drug-likeness (QED) is 0.154. The van der Waals surface area contributed by atoms with E-state index in [0.29, 0.717) is 17.3 Å². The summed E-state index contributed by atoms with van der Waals surface area (Å²) in [5, 5.41) is 4.66. The van der Waals surface area contributed by atoms with Crippen LogP contribution in [-0.2, 0) is 10.0 Å². The first-order valence-electron chi connectivity index (χ1n) is 10.3. The van der Waals surface area contributed by atoms with Crippen molar-refractivity contribution >= 4 is 55.6 Å². The van der Waals surface area contributed by atoms with Crippen molar-refractivity contribution in [3.05, 3.63) is 40.4 Å². The highest BCUT2D eigenvalue weighted by atomic mass is 32.2. The highest BCUT2D eigenvalue weighted by molar-refractivity contribution is 7.92.